The van der Waals surface area contributed by atoms with Gasteiger partial charge in [0.05, 0.1) is 5.69 Å². The molecule has 0 radical (unpaired) electrons. The number of rotatable bonds is 2. The van der Waals surface area contributed by atoms with Crippen LogP contribution < -0.4 is 5.32 Å². The smallest absolute Gasteiger partial charge is 0.133 e. The molecule has 1 aromatic heterocycles. The molecule has 2 heterocycles. The third kappa shape index (κ3) is 2.49. The van der Waals surface area contributed by atoms with Crippen LogP contribution in [0.15, 0.2) is 30.5 Å². The van der Waals surface area contributed by atoms with Crippen LogP contribution in [0, 0.1) is 12.7 Å². The van der Waals surface area contributed by atoms with Crippen molar-refractivity contribution in [3.05, 3.63) is 47.7 Å². The molecule has 0 spiro atoms. The number of nitrogens with one attached hydrogen (secondary N) is 1. The Bertz CT molecular complexity index is 592. The predicted molar refractivity (Wildman–Crippen MR) is 72.4 cm³/mol. The molecule has 0 bridgehead atoms. The van der Waals surface area contributed by atoms with Gasteiger partial charge in [0.2, 0.25) is 0 Å². The first-order valence-corrected chi connectivity index (χ1v) is 6.54. The van der Waals surface area contributed by atoms with Crippen LogP contribution >= 0.6 is 0 Å². The van der Waals surface area contributed by atoms with E-state index < -0.39 is 0 Å². The van der Waals surface area contributed by atoms with E-state index in [-0.39, 0.29) is 5.82 Å². The van der Waals surface area contributed by atoms with E-state index in [1.54, 1.807) is 19.2 Å². The SMILES string of the molecule is Cc1cc(-c2ccnc(C3CCNC3)n2)ccc1F. The molecule has 98 valence electrons. The maximum absolute atomic E-state index is 13.3. The monoisotopic (exact) mass is 257 g/mol. The summed E-state index contributed by atoms with van der Waals surface area (Å²) in [6.45, 7) is 3.72. The summed E-state index contributed by atoms with van der Waals surface area (Å²) in [6, 6.07) is 6.96. The zero-order valence-electron chi connectivity index (χ0n) is 10.9. The largest absolute Gasteiger partial charge is 0.316 e. The van der Waals surface area contributed by atoms with Crippen molar-refractivity contribution in [2.45, 2.75) is 19.3 Å². The van der Waals surface area contributed by atoms with Crippen LogP contribution in [0.25, 0.3) is 11.3 Å². The maximum atomic E-state index is 13.3. The van der Waals surface area contributed by atoms with Crippen LogP contribution in [0.5, 0.6) is 0 Å². The minimum atomic E-state index is -0.182. The van der Waals surface area contributed by atoms with Crippen molar-refractivity contribution < 1.29 is 4.39 Å². The Morgan fingerprint density at radius 1 is 1.32 bits per heavy atom. The Kier molecular flexibility index (Phi) is 3.25. The average Bonchev–Trinajstić information content (AvgIpc) is 2.96. The van der Waals surface area contributed by atoms with Crippen molar-refractivity contribution in [2.24, 2.45) is 0 Å². The summed E-state index contributed by atoms with van der Waals surface area (Å²) >= 11 is 0. The first-order valence-electron chi connectivity index (χ1n) is 6.54. The summed E-state index contributed by atoms with van der Waals surface area (Å²) in [5.74, 6) is 1.09. The van der Waals surface area contributed by atoms with E-state index in [1.807, 2.05) is 12.1 Å². The number of benzene rings is 1. The highest BCUT2D eigenvalue weighted by atomic mass is 19.1. The number of aromatic nitrogens is 2. The molecule has 1 fully saturated rings. The molecule has 0 saturated carbocycles. The molecule has 1 saturated heterocycles. The lowest BCUT2D eigenvalue weighted by atomic mass is 10.1. The zero-order chi connectivity index (χ0) is 13.2. The highest BCUT2D eigenvalue weighted by Crippen LogP contribution is 2.23. The standard InChI is InChI=1S/C15H16FN3/c1-10-8-11(2-3-13(10)16)14-5-7-18-15(19-14)12-4-6-17-9-12/h2-3,5,7-8,12,17H,4,6,9H2,1H3. The molecule has 2 aromatic rings. The molecular formula is C15H16FN3. The van der Waals surface area contributed by atoms with Gasteiger partial charge in [0, 0.05) is 24.2 Å². The summed E-state index contributed by atoms with van der Waals surface area (Å²) in [5, 5.41) is 3.32. The summed E-state index contributed by atoms with van der Waals surface area (Å²) in [7, 11) is 0. The highest BCUT2D eigenvalue weighted by Gasteiger charge is 2.19. The second-order valence-corrected chi connectivity index (χ2v) is 4.95. The van der Waals surface area contributed by atoms with E-state index >= 15 is 0 Å². The van der Waals surface area contributed by atoms with Gasteiger partial charge in [0.1, 0.15) is 11.6 Å². The third-order valence-electron chi connectivity index (χ3n) is 3.55. The molecule has 0 aliphatic carbocycles. The Morgan fingerprint density at radius 3 is 2.95 bits per heavy atom. The Labute approximate surface area is 111 Å². The second-order valence-electron chi connectivity index (χ2n) is 4.95. The quantitative estimate of drug-likeness (QED) is 0.898. The molecule has 1 aromatic carbocycles. The Hall–Kier alpha value is -1.81. The van der Waals surface area contributed by atoms with E-state index in [2.05, 4.69) is 15.3 Å². The Morgan fingerprint density at radius 2 is 2.21 bits per heavy atom. The van der Waals surface area contributed by atoms with Gasteiger partial charge in [-0.1, -0.05) is 0 Å². The highest BCUT2D eigenvalue weighted by molar-refractivity contribution is 5.59. The van der Waals surface area contributed by atoms with E-state index in [0.29, 0.717) is 11.5 Å². The molecule has 1 unspecified atom stereocenters. The molecule has 1 aliphatic heterocycles. The van der Waals surface area contributed by atoms with E-state index in [1.165, 1.54) is 6.07 Å². The van der Waals surface area contributed by atoms with E-state index in [4.69, 9.17) is 0 Å². The molecule has 4 heteroatoms. The van der Waals surface area contributed by atoms with Gasteiger partial charge in [-0.2, -0.15) is 0 Å². The second kappa shape index (κ2) is 5.05. The summed E-state index contributed by atoms with van der Waals surface area (Å²) in [5.41, 5.74) is 2.44. The lowest BCUT2D eigenvalue weighted by Crippen LogP contribution is -2.10. The molecule has 1 N–H and O–H groups in total. The van der Waals surface area contributed by atoms with Crippen LogP contribution in [0.1, 0.15) is 23.7 Å². The van der Waals surface area contributed by atoms with Gasteiger partial charge in [-0.05, 0) is 49.7 Å². The van der Waals surface area contributed by atoms with Gasteiger partial charge < -0.3 is 5.32 Å². The molecular weight excluding hydrogens is 241 g/mol. The number of halogens is 1. The van der Waals surface area contributed by atoms with Crippen molar-refractivity contribution in [3.8, 4) is 11.3 Å². The van der Waals surface area contributed by atoms with Crippen LogP contribution in [0.3, 0.4) is 0 Å². The summed E-state index contributed by atoms with van der Waals surface area (Å²) in [4.78, 5) is 8.98. The van der Waals surface area contributed by atoms with Crippen LogP contribution in [-0.2, 0) is 0 Å². The van der Waals surface area contributed by atoms with Crippen molar-refractivity contribution in [1.29, 1.82) is 0 Å². The van der Waals surface area contributed by atoms with Crippen molar-refractivity contribution >= 4 is 0 Å². The van der Waals surface area contributed by atoms with Gasteiger partial charge in [0.25, 0.3) is 0 Å². The van der Waals surface area contributed by atoms with Gasteiger partial charge in [0.15, 0.2) is 0 Å². The summed E-state index contributed by atoms with van der Waals surface area (Å²) in [6.07, 6.45) is 2.86. The number of nitrogens with zero attached hydrogens (tertiary/aromatic N) is 2. The first kappa shape index (κ1) is 12.2. The fourth-order valence-electron chi connectivity index (χ4n) is 2.41. The minimum Gasteiger partial charge on any atom is -0.316 e. The fraction of sp³-hybridized carbons (Fsp3) is 0.333. The van der Waals surface area contributed by atoms with Crippen LogP contribution in [0.4, 0.5) is 4.39 Å². The lowest BCUT2D eigenvalue weighted by Gasteiger charge is -2.09. The normalized spacial score (nSPS) is 18.7. The first-order chi connectivity index (χ1) is 9.24. The number of hydrogen-bond acceptors (Lipinski definition) is 3. The average molecular weight is 257 g/mol. The molecule has 1 aliphatic rings. The van der Waals surface area contributed by atoms with E-state index in [9.17, 15) is 4.39 Å². The number of aryl methyl sites for hydroxylation is 1. The topological polar surface area (TPSA) is 37.8 Å². The van der Waals surface area contributed by atoms with Gasteiger partial charge in [-0.25, -0.2) is 14.4 Å². The number of hydrogen-bond donors (Lipinski definition) is 1. The molecule has 1 atom stereocenters. The Balaban J connectivity index is 1.95. The van der Waals surface area contributed by atoms with Crippen molar-refractivity contribution in [2.75, 3.05) is 13.1 Å². The lowest BCUT2D eigenvalue weighted by molar-refractivity contribution is 0.618. The minimum absolute atomic E-state index is 0.182. The van der Waals surface area contributed by atoms with Gasteiger partial charge >= 0.3 is 0 Å². The summed E-state index contributed by atoms with van der Waals surface area (Å²) < 4.78 is 13.3. The van der Waals surface area contributed by atoms with Crippen molar-refractivity contribution in [1.82, 2.24) is 15.3 Å². The zero-order valence-corrected chi connectivity index (χ0v) is 10.9. The molecule has 19 heavy (non-hydrogen) atoms. The van der Waals surface area contributed by atoms with Crippen LogP contribution in [-0.4, -0.2) is 23.1 Å². The molecule has 3 rings (SSSR count). The third-order valence-corrected chi connectivity index (χ3v) is 3.55. The molecule has 0 amide bonds. The maximum Gasteiger partial charge on any atom is 0.133 e. The van der Waals surface area contributed by atoms with Gasteiger partial charge in [-0.3, -0.25) is 0 Å². The van der Waals surface area contributed by atoms with Gasteiger partial charge in [-0.15, -0.1) is 0 Å². The van der Waals surface area contributed by atoms with Crippen LogP contribution in [0.2, 0.25) is 0 Å². The molecule has 3 nitrogen and oxygen atoms in total. The fourth-order valence-corrected chi connectivity index (χ4v) is 2.41. The van der Waals surface area contributed by atoms with E-state index in [0.717, 1.165) is 36.6 Å². The predicted octanol–water partition coefficient (Wildman–Crippen LogP) is 2.67. The van der Waals surface area contributed by atoms with Crippen molar-refractivity contribution in [3.63, 3.8) is 0 Å².